The predicted molar refractivity (Wildman–Crippen MR) is 86.3 cm³/mol. The molecule has 1 fully saturated rings. The zero-order valence-corrected chi connectivity index (χ0v) is 13.0. The molecule has 6 heteroatoms. The first kappa shape index (κ1) is 16.5. The van der Waals surface area contributed by atoms with E-state index in [4.69, 9.17) is 4.74 Å². The molecule has 22 heavy (non-hydrogen) atoms. The van der Waals surface area contributed by atoms with E-state index in [1.807, 2.05) is 12.1 Å². The number of benzene rings is 1. The Morgan fingerprint density at radius 1 is 1.50 bits per heavy atom. The number of ether oxygens (including phenoxy) is 1. The standard InChI is InChI=1S/C16H23N3O3/c1-3-4-5-14(18-10-8-17-9-11-18)13-6-7-16(22-2)15(12-13)19(20)21/h3,6-7,12,14,17H,1,4-5,8-11H2,2H3/t14-/m1/s1. The van der Waals surface area contributed by atoms with Crippen LogP contribution in [0.1, 0.15) is 24.4 Å². The lowest BCUT2D eigenvalue weighted by molar-refractivity contribution is -0.385. The van der Waals surface area contributed by atoms with Gasteiger partial charge in [-0.2, -0.15) is 0 Å². The molecule has 120 valence electrons. The van der Waals surface area contributed by atoms with Crippen LogP contribution in [-0.4, -0.2) is 43.1 Å². The summed E-state index contributed by atoms with van der Waals surface area (Å²) in [5, 5.41) is 14.6. The van der Waals surface area contributed by atoms with Crippen molar-refractivity contribution < 1.29 is 9.66 Å². The highest BCUT2D eigenvalue weighted by atomic mass is 16.6. The third-order valence-electron chi connectivity index (χ3n) is 4.02. The Morgan fingerprint density at radius 2 is 2.23 bits per heavy atom. The fourth-order valence-corrected chi connectivity index (χ4v) is 2.89. The molecule has 1 aliphatic rings. The van der Waals surface area contributed by atoms with Gasteiger partial charge in [-0.15, -0.1) is 6.58 Å². The smallest absolute Gasteiger partial charge is 0.311 e. The minimum atomic E-state index is -0.384. The van der Waals surface area contributed by atoms with Crippen molar-refractivity contribution in [1.29, 1.82) is 0 Å². The number of nitro groups is 1. The second-order valence-electron chi connectivity index (χ2n) is 5.36. The molecule has 0 aromatic heterocycles. The van der Waals surface area contributed by atoms with Crippen molar-refractivity contribution in [2.24, 2.45) is 0 Å². The topological polar surface area (TPSA) is 67.6 Å². The molecule has 1 atom stereocenters. The van der Waals surface area contributed by atoms with Crippen LogP contribution in [-0.2, 0) is 0 Å². The van der Waals surface area contributed by atoms with Crippen LogP contribution in [0.4, 0.5) is 5.69 Å². The molecule has 0 saturated carbocycles. The highest BCUT2D eigenvalue weighted by Gasteiger charge is 2.24. The summed E-state index contributed by atoms with van der Waals surface area (Å²) in [5.74, 6) is 0.302. The number of rotatable bonds is 7. The van der Waals surface area contributed by atoms with Crippen LogP contribution < -0.4 is 10.1 Å². The van der Waals surface area contributed by atoms with E-state index in [9.17, 15) is 10.1 Å². The maximum Gasteiger partial charge on any atom is 0.311 e. The Bertz CT molecular complexity index is 527. The SMILES string of the molecule is C=CCC[C@H](c1ccc(OC)c([N+](=O)[O-])c1)N1CCNCC1. The monoisotopic (exact) mass is 305 g/mol. The van der Waals surface area contributed by atoms with Gasteiger partial charge < -0.3 is 10.1 Å². The number of piperazine rings is 1. The Hall–Kier alpha value is -1.92. The van der Waals surface area contributed by atoms with Crippen molar-refractivity contribution in [3.63, 3.8) is 0 Å². The van der Waals surface area contributed by atoms with Crippen LogP contribution in [0.2, 0.25) is 0 Å². The van der Waals surface area contributed by atoms with Crippen molar-refractivity contribution in [3.05, 3.63) is 46.5 Å². The summed E-state index contributed by atoms with van der Waals surface area (Å²) in [5.41, 5.74) is 0.995. The van der Waals surface area contributed by atoms with E-state index in [0.29, 0.717) is 5.75 Å². The molecule has 0 aliphatic carbocycles. The van der Waals surface area contributed by atoms with Gasteiger partial charge in [-0.05, 0) is 24.5 Å². The first-order valence-electron chi connectivity index (χ1n) is 7.55. The lowest BCUT2D eigenvalue weighted by atomic mass is 9.98. The largest absolute Gasteiger partial charge is 0.490 e. The lowest BCUT2D eigenvalue weighted by Crippen LogP contribution is -2.45. The molecular formula is C16H23N3O3. The average Bonchev–Trinajstić information content (AvgIpc) is 2.56. The lowest BCUT2D eigenvalue weighted by Gasteiger charge is -2.35. The van der Waals surface area contributed by atoms with E-state index in [0.717, 1.165) is 44.6 Å². The quantitative estimate of drug-likeness (QED) is 0.476. The van der Waals surface area contributed by atoms with Gasteiger partial charge in [0.15, 0.2) is 5.75 Å². The maximum atomic E-state index is 11.2. The summed E-state index contributed by atoms with van der Waals surface area (Å²) in [6.45, 7) is 7.57. The second-order valence-corrected chi connectivity index (χ2v) is 5.36. The molecule has 0 bridgehead atoms. The summed E-state index contributed by atoms with van der Waals surface area (Å²) in [7, 11) is 1.45. The number of nitrogens with zero attached hydrogens (tertiary/aromatic N) is 2. The van der Waals surface area contributed by atoms with Gasteiger partial charge in [0, 0.05) is 38.3 Å². The zero-order valence-electron chi connectivity index (χ0n) is 13.0. The first-order valence-corrected chi connectivity index (χ1v) is 7.55. The van der Waals surface area contributed by atoms with Crippen molar-refractivity contribution >= 4 is 5.69 Å². The molecule has 2 rings (SSSR count). The van der Waals surface area contributed by atoms with Gasteiger partial charge in [0.05, 0.1) is 12.0 Å². The summed E-state index contributed by atoms with van der Waals surface area (Å²) in [6.07, 6.45) is 3.69. The summed E-state index contributed by atoms with van der Waals surface area (Å²) < 4.78 is 5.09. The van der Waals surface area contributed by atoms with Crippen LogP contribution >= 0.6 is 0 Å². The normalized spacial score (nSPS) is 17.0. The van der Waals surface area contributed by atoms with E-state index < -0.39 is 0 Å². The molecule has 6 nitrogen and oxygen atoms in total. The van der Waals surface area contributed by atoms with E-state index in [-0.39, 0.29) is 16.7 Å². The van der Waals surface area contributed by atoms with Crippen molar-refractivity contribution in [2.45, 2.75) is 18.9 Å². The van der Waals surface area contributed by atoms with Gasteiger partial charge in [0.2, 0.25) is 0 Å². The number of nitro benzene ring substituents is 1. The molecule has 1 saturated heterocycles. The molecule has 0 radical (unpaired) electrons. The molecular weight excluding hydrogens is 282 g/mol. The summed E-state index contributed by atoms with van der Waals surface area (Å²) in [4.78, 5) is 13.2. The number of methoxy groups -OCH3 is 1. The number of hydrogen-bond donors (Lipinski definition) is 1. The Labute approximate surface area is 130 Å². The van der Waals surface area contributed by atoms with Crippen LogP contribution in [0.5, 0.6) is 5.75 Å². The van der Waals surface area contributed by atoms with Crippen molar-refractivity contribution in [2.75, 3.05) is 33.3 Å². The molecule has 0 unspecified atom stereocenters. The number of nitrogens with one attached hydrogen (secondary N) is 1. The Morgan fingerprint density at radius 3 is 2.82 bits per heavy atom. The van der Waals surface area contributed by atoms with E-state index in [1.54, 1.807) is 12.1 Å². The number of allylic oxidation sites excluding steroid dienone is 1. The molecule has 1 aromatic rings. The third kappa shape index (κ3) is 3.84. The maximum absolute atomic E-state index is 11.2. The Kier molecular flexibility index (Phi) is 5.91. The summed E-state index contributed by atoms with van der Waals surface area (Å²) in [6, 6.07) is 5.44. The molecule has 1 aliphatic heterocycles. The first-order chi connectivity index (χ1) is 10.7. The molecule has 0 spiro atoms. The van der Waals surface area contributed by atoms with Gasteiger partial charge in [-0.1, -0.05) is 12.1 Å². The fourth-order valence-electron chi connectivity index (χ4n) is 2.89. The van der Waals surface area contributed by atoms with Gasteiger partial charge in [-0.25, -0.2) is 0 Å². The van der Waals surface area contributed by atoms with E-state index >= 15 is 0 Å². The highest BCUT2D eigenvalue weighted by Crippen LogP contribution is 2.33. The van der Waals surface area contributed by atoms with Gasteiger partial charge in [0.1, 0.15) is 0 Å². The third-order valence-corrected chi connectivity index (χ3v) is 4.02. The van der Waals surface area contributed by atoms with Gasteiger partial charge in [0.25, 0.3) is 0 Å². The minimum Gasteiger partial charge on any atom is -0.490 e. The highest BCUT2D eigenvalue weighted by molar-refractivity contribution is 5.49. The van der Waals surface area contributed by atoms with Crippen LogP contribution in [0.15, 0.2) is 30.9 Å². The zero-order chi connectivity index (χ0) is 15.9. The van der Waals surface area contributed by atoms with Crippen molar-refractivity contribution in [3.8, 4) is 5.75 Å². The van der Waals surface area contributed by atoms with Crippen molar-refractivity contribution in [1.82, 2.24) is 10.2 Å². The molecule has 1 aromatic carbocycles. The second kappa shape index (κ2) is 7.91. The van der Waals surface area contributed by atoms with Gasteiger partial charge in [-0.3, -0.25) is 15.0 Å². The van der Waals surface area contributed by atoms with Gasteiger partial charge >= 0.3 is 5.69 Å². The van der Waals surface area contributed by atoms with Crippen LogP contribution in [0.3, 0.4) is 0 Å². The Balaban J connectivity index is 2.31. The minimum absolute atomic E-state index is 0.0266. The van der Waals surface area contributed by atoms with Crippen LogP contribution in [0.25, 0.3) is 0 Å². The average molecular weight is 305 g/mol. The number of hydrogen-bond acceptors (Lipinski definition) is 5. The van der Waals surface area contributed by atoms with Crippen LogP contribution in [0, 0.1) is 10.1 Å². The molecule has 0 amide bonds. The van der Waals surface area contributed by atoms with E-state index in [2.05, 4.69) is 16.8 Å². The van der Waals surface area contributed by atoms with E-state index in [1.165, 1.54) is 7.11 Å². The predicted octanol–water partition coefficient (Wildman–Crippen LogP) is 2.52. The molecule has 1 N–H and O–H groups in total. The summed E-state index contributed by atoms with van der Waals surface area (Å²) >= 11 is 0. The molecule has 1 heterocycles. The fraction of sp³-hybridized carbons (Fsp3) is 0.500.